The van der Waals surface area contributed by atoms with Gasteiger partial charge in [0.2, 0.25) is 0 Å². The molecule has 0 bridgehead atoms. The van der Waals surface area contributed by atoms with Gasteiger partial charge < -0.3 is 9.64 Å². The highest BCUT2D eigenvalue weighted by Gasteiger charge is 2.36. The lowest BCUT2D eigenvalue weighted by atomic mass is 10.1. The third-order valence-corrected chi connectivity index (χ3v) is 6.08. The maximum atomic E-state index is 12.7. The third-order valence-electron chi connectivity index (χ3n) is 4.33. The third kappa shape index (κ3) is 5.21. The first kappa shape index (κ1) is 21.2. The van der Waals surface area contributed by atoms with E-state index in [4.69, 9.17) is 4.74 Å². The van der Waals surface area contributed by atoms with Crippen molar-refractivity contribution in [3.05, 3.63) is 35.4 Å². The van der Waals surface area contributed by atoms with Crippen molar-refractivity contribution in [2.75, 3.05) is 18.1 Å². The molecule has 0 aliphatic carbocycles. The van der Waals surface area contributed by atoms with Gasteiger partial charge in [0.05, 0.1) is 22.6 Å². The molecule has 150 valence electrons. The molecule has 1 amide bonds. The van der Waals surface area contributed by atoms with Gasteiger partial charge in [-0.05, 0) is 38.5 Å². The summed E-state index contributed by atoms with van der Waals surface area (Å²) < 4.78 is 66.5. The number of benzene rings is 1. The summed E-state index contributed by atoms with van der Waals surface area (Å²) in [5, 5.41) is 0. The van der Waals surface area contributed by atoms with Crippen LogP contribution in [0.2, 0.25) is 0 Å². The van der Waals surface area contributed by atoms with Crippen molar-refractivity contribution >= 4 is 21.7 Å². The van der Waals surface area contributed by atoms with E-state index in [1.807, 2.05) is 0 Å². The van der Waals surface area contributed by atoms with E-state index in [1.165, 1.54) is 11.8 Å². The van der Waals surface area contributed by atoms with Crippen LogP contribution in [0, 0.1) is 0 Å². The minimum Gasteiger partial charge on any atom is -0.449 e. The fraction of sp³-hybridized carbons (Fsp3) is 0.529. The van der Waals surface area contributed by atoms with Crippen LogP contribution in [0.4, 0.5) is 13.2 Å². The van der Waals surface area contributed by atoms with E-state index in [0.717, 1.165) is 18.2 Å². The second-order valence-electron chi connectivity index (χ2n) is 6.31. The minimum absolute atomic E-state index is 0.0140. The van der Waals surface area contributed by atoms with Crippen LogP contribution >= 0.6 is 0 Å². The Morgan fingerprint density at radius 1 is 1.33 bits per heavy atom. The van der Waals surface area contributed by atoms with E-state index in [1.54, 1.807) is 6.92 Å². The number of ether oxygens (including phenoxy) is 1. The predicted octanol–water partition coefficient (Wildman–Crippen LogP) is 2.29. The first-order valence-corrected chi connectivity index (χ1v) is 10.2. The summed E-state index contributed by atoms with van der Waals surface area (Å²) in [5.41, 5.74) is -1.32. The fourth-order valence-electron chi connectivity index (χ4n) is 2.95. The molecular weight excluding hydrogens is 387 g/mol. The number of carbonyl (C=O) groups excluding carboxylic acids is 2. The van der Waals surface area contributed by atoms with Gasteiger partial charge in [0, 0.05) is 12.6 Å². The number of rotatable bonds is 5. The Balaban J connectivity index is 2.08. The molecule has 0 N–H and O–H groups in total. The van der Waals surface area contributed by atoms with Crippen LogP contribution in [-0.4, -0.2) is 55.4 Å². The highest BCUT2D eigenvalue weighted by Crippen LogP contribution is 2.29. The standard InChI is InChI=1S/C17H20F3NO5S/c1-3-21(14-7-8-27(24,25)10-14)15(22)11(2)26-16(23)12-5-4-6-13(9-12)17(18,19)20/h4-6,9,11,14H,3,7-8,10H2,1-2H3. The summed E-state index contributed by atoms with van der Waals surface area (Å²) in [6.45, 7) is 3.20. The van der Waals surface area contributed by atoms with Crippen molar-refractivity contribution in [3.8, 4) is 0 Å². The van der Waals surface area contributed by atoms with Crippen molar-refractivity contribution in [3.63, 3.8) is 0 Å². The average Bonchev–Trinajstić information content (AvgIpc) is 2.94. The van der Waals surface area contributed by atoms with E-state index >= 15 is 0 Å². The number of carbonyl (C=O) groups is 2. The summed E-state index contributed by atoms with van der Waals surface area (Å²) in [5.74, 6) is -1.81. The van der Waals surface area contributed by atoms with Gasteiger partial charge in [0.15, 0.2) is 15.9 Å². The summed E-state index contributed by atoms with van der Waals surface area (Å²) in [4.78, 5) is 26.0. The molecule has 1 saturated heterocycles. The maximum absolute atomic E-state index is 12.7. The van der Waals surface area contributed by atoms with E-state index < -0.39 is 45.6 Å². The van der Waals surface area contributed by atoms with Crippen molar-refractivity contribution in [2.24, 2.45) is 0 Å². The Kier molecular flexibility index (Phi) is 6.18. The van der Waals surface area contributed by atoms with Crippen LogP contribution in [0.3, 0.4) is 0 Å². The number of hydrogen-bond donors (Lipinski definition) is 0. The lowest BCUT2D eigenvalue weighted by molar-refractivity contribution is -0.141. The van der Waals surface area contributed by atoms with E-state index in [0.29, 0.717) is 12.5 Å². The largest absolute Gasteiger partial charge is 0.449 e. The molecule has 1 aromatic carbocycles. The predicted molar refractivity (Wildman–Crippen MR) is 90.8 cm³/mol. The molecule has 27 heavy (non-hydrogen) atoms. The number of amides is 1. The van der Waals surface area contributed by atoms with Crippen molar-refractivity contribution < 1.29 is 35.9 Å². The smallest absolute Gasteiger partial charge is 0.416 e. The quantitative estimate of drug-likeness (QED) is 0.700. The molecule has 0 radical (unpaired) electrons. The zero-order valence-corrected chi connectivity index (χ0v) is 15.6. The summed E-state index contributed by atoms with van der Waals surface area (Å²) in [6.07, 6.45) is -5.56. The number of esters is 1. The van der Waals surface area contributed by atoms with Gasteiger partial charge in [-0.25, -0.2) is 13.2 Å². The minimum atomic E-state index is -4.61. The SMILES string of the molecule is CCN(C(=O)C(C)OC(=O)c1cccc(C(F)(F)F)c1)C1CCS(=O)(=O)C1. The molecule has 0 saturated carbocycles. The van der Waals surface area contributed by atoms with Gasteiger partial charge >= 0.3 is 12.1 Å². The number of hydrogen-bond acceptors (Lipinski definition) is 5. The Morgan fingerprint density at radius 2 is 2.00 bits per heavy atom. The van der Waals surface area contributed by atoms with Gasteiger partial charge in [-0.15, -0.1) is 0 Å². The molecular formula is C17H20F3NO5S. The molecule has 1 fully saturated rings. The monoisotopic (exact) mass is 407 g/mol. The summed E-state index contributed by atoms with van der Waals surface area (Å²) in [6, 6.07) is 3.22. The zero-order valence-electron chi connectivity index (χ0n) is 14.8. The highest BCUT2D eigenvalue weighted by molar-refractivity contribution is 7.91. The number of alkyl halides is 3. The summed E-state index contributed by atoms with van der Waals surface area (Å²) >= 11 is 0. The van der Waals surface area contributed by atoms with Crippen LogP contribution in [0.15, 0.2) is 24.3 Å². The molecule has 1 aliphatic heterocycles. The second kappa shape index (κ2) is 7.87. The Hall–Kier alpha value is -2.10. The molecule has 10 heteroatoms. The first-order chi connectivity index (χ1) is 12.4. The lowest BCUT2D eigenvalue weighted by Crippen LogP contribution is -2.46. The van der Waals surface area contributed by atoms with Crippen LogP contribution < -0.4 is 0 Å². The highest BCUT2D eigenvalue weighted by atomic mass is 32.2. The molecule has 1 aromatic rings. The second-order valence-corrected chi connectivity index (χ2v) is 8.54. The average molecular weight is 407 g/mol. The van der Waals surface area contributed by atoms with E-state index in [2.05, 4.69) is 0 Å². The molecule has 2 atom stereocenters. The topological polar surface area (TPSA) is 80.8 Å². The van der Waals surface area contributed by atoms with Gasteiger partial charge in [-0.3, -0.25) is 4.79 Å². The Labute approximate surface area is 155 Å². The maximum Gasteiger partial charge on any atom is 0.416 e. The zero-order chi connectivity index (χ0) is 20.4. The lowest BCUT2D eigenvalue weighted by Gasteiger charge is -2.29. The van der Waals surface area contributed by atoms with Crippen LogP contribution in [0.1, 0.15) is 36.2 Å². The van der Waals surface area contributed by atoms with Crippen molar-refractivity contribution in [1.29, 1.82) is 0 Å². The van der Waals surface area contributed by atoms with Gasteiger partial charge in [0.1, 0.15) is 0 Å². The molecule has 1 aliphatic rings. The van der Waals surface area contributed by atoms with Gasteiger partial charge in [0.25, 0.3) is 5.91 Å². The van der Waals surface area contributed by atoms with Crippen molar-refractivity contribution in [2.45, 2.75) is 38.6 Å². The van der Waals surface area contributed by atoms with Gasteiger partial charge in [-0.2, -0.15) is 13.2 Å². The molecule has 0 spiro atoms. The molecule has 1 heterocycles. The Morgan fingerprint density at radius 3 is 2.52 bits per heavy atom. The van der Waals surface area contributed by atoms with Crippen LogP contribution in [0.25, 0.3) is 0 Å². The first-order valence-electron chi connectivity index (χ1n) is 8.33. The molecule has 2 rings (SSSR count). The van der Waals surface area contributed by atoms with Crippen molar-refractivity contribution in [1.82, 2.24) is 4.90 Å². The number of halogens is 3. The normalized spacial score (nSPS) is 20.1. The van der Waals surface area contributed by atoms with E-state index in [9.17, 15) is 31.2 Å². The summed E-state index contributed by atoms with van der Waals surface area (Å²) in [7, 11) is -3.20. The molecule has 6 nitrogen and oxygen atoms in total. The van der Waals surface area contributed by atoms with Gasteiger partial charge in [-0.1, -0.05) is 6.07 Å². The number of sulfone groups is 1. The Bertz CT molecular complexity index is 822. The molecule has 2 unspecified atom stereocenters. The molecule has 0 aromatic heterocycles. The number of nitrogens with zero attached hydrogens (tertiary/aromatic N) is 1. The van der Waals surface area contributed by atoms with Crippen LogP contribution in [0.5, 0.6) is 0 Å². The fourth-order valence-corrected chi connectivity index (χ4v) is 4.68. The number of likely N-dealkylation sites (N-methyl/N-ethyl adjacent to an activating group) is 1. The van der Waals surface area contributed by atoms with E-state index in [-0.39, 0.29) is 23.6 Å². The van der Waals surface area contributed by atoms with Crippen LogP contribution in [-0.2, 0) is 25.5 Å².